The van der Waals surface area contributed by atoms with Crippen molar-refractivity contribution in [1.29, 1.82) is 0 Å². The van der Waals surface area contributed by atoms with Gasteiger partial charge < -0.3 is 15.0 Å². The number of carbonyl (C=O) groups is 1. The maximum atomic E-state index is 13.2. The fourth-order valence-electron chi connectivity index (χ4n) is 6.14. The van der Waals surface area contributed by atoms with Crippen LogP contribution in [-0.2, 0) is 4.79 Å². The summed E-state index contributed by atoms with van der Waals surface area (Å²) in [6.45, 7) is 4.26. The number of hydrogen-bond acceptors (Lipinski definition) is 2. The molecule has 0 radical (unpaired) electrons. The second-order valence-corrected chi connectivity index (χ2v) is 9.18. The number of rotatable bonds is 3. The predicted molar refractivity (Wildman–Crippen MR) is 102 cm³/mol. The molecule has 2 N–H and O–H groups in total. The van der Waals surface area contributed by atoms with Crippen LogP contribution in [0.1, 0.15) is 62.5 Å². The molecule has 3 unspecified atom stereocenters. The summed E-state index contributed by atoms with van der Waals surface area (Å²) >= 11 is 0. The Balaban J connectivity index is 1.35. The maximum absolute atomic E-state index is 13.2. The molecule has 4 bridgehead atoms. The molecule has 1 aromatic heterocycles. The van der Waals surface area contributed by atoms with Gasteiger partial charge in [-0.15, -0.1) is 0 Å². The minimum Gasteiger partial charge on any atom is -0.390 e. The van der Waals surface area contributed by atoms with Crippen LogP contribution in [0.15, 0.2) is 24.4 Å². The number of benzene rings is 1. The molecule has 1 aromatic carbocycles. The molecule has 2 aliphatic carbocycles. The summed E-state index contributed by atoms with van der Waals surface area (Å²) in [7, 11) is 0. The van der Waals surface area contributed by atoms with Gasteiger partial charge in [0, 0.05) is 35.6 Å². The normalized spacial score (nSPS) is 33.8. The van der Waals surface area contributed by atoms with Crippen LogP contribution in [0.4, 0.5) is 0 Å². The van der Waals surface area contributed by atoms with Crippen LogP contribution in [0.5, 0.6) is 0 Å². The van der Waals surface area contributed by atoms with Crippen molar-refractivity contribution < 1.29 is 9.90 Å². The Hall–Kier alpha value is -1.81. The van der Waals surface area contributed by atoms with Crippen LogP contribution >= 0.6 is 0 Å². The highest BCUT2D eigenvalue weighted by Crippen LogP contribution is 2.51. The molecule has 3 atom stereocenters. The quantitative estimate of drug-likeness (QED) is 0.881. The molecule has 138 valence electrons. The van der Waals surface area contributed by atoms with Gasteiger partial charge in [-0.2, -0.15) is 0 Å². The van der Waals surface area contributed by atoms with E-state index in [-0.39, 0.29) is 23.9 Å². The van der Waals surface area contributed by atoms with Gasteiger partial charge >= 0.3 is 0 Å². The SMILES string of the molecule is Cc1ccc2c(C(C)CC(=O)N3C4CC5CC3CC(O)(C5)C4)c[nH]c2c1. The third-order valence-corrected chi connectivity index (χ3v) is 7.07. The van der Waals surface area contributed by atoms with Crippen LogP contribution in [0.25, 0.3) is 10.9 Å². The molecule has 4 aliphatic rings. The Labute approximate surface area is 154 Å². The van der Waals surface area contributed by atoms with E-state index in [4.69, 9.17) is 0 Å². The number of carbonyl (C=O) groups excluding carboxylic acids is 1. The Morgan fingerprint density at radius 1 is 1.31 bits per heavy atom. The van der Waals surface area contributed by atoms with E-state index < -0.39 is 5.60 Å². The van der Waals surface area contributed by atoms with Crippen molar-refractivity contribution in [1.82, 2.24) is 9.88 Å². The lowest BCUT2D eigenvalue weighted by atomic mass is 9.61. The topological polar surface area (TPSA) is 56.3 Å². The first-order valence-electron chi connectivity index (χ1n) is 10.0. The van der Waals surface area contributed by atoms with E-state index >= 15 is 0 Å². The van der Waals surface area contributed by atoms with Crippen LogP contribution in [0.3, 0.4) is 0 Å². The molecule has 6 rings (SSSR count). The highest BCUT2D eigenvalue weighted by molar-refractivity contribution is 5.85. The second kappa shape index (κ2) is 5.59. The minimum atomic E-state index is -0.492. The van der Waals surface area contributed by atoms with Gasteiger partial charge in [0.05, 0.1) is 5.60 Å². The third kappa shape index (κ3) is 2.50. The van der Waals surface area contributed by atoms with E-state index in [9.17, 15) is 9.90 Å². The average Bonchev–Trinajstić information content (AvgIpc) is 2.95. The summed E-state index contributed by atoms with van der Waals surface area (Å²) in [6, 6.07) is 6.98. The number of aromatic amines is 1. The Morgan fingerprint density at radius 3 is 2.73 bits per heavy atom. The molecular weight excluding hydrogens is 324 g/mol. The summed E-state index contributed by atoms with van der Waals surface area (Å²) in [5.41, 5.74) is 3.13. The zero-order valence-electron chi connectivity index (χ0n) is 15.7. The molecule has 2 aliphatic heterocycles. The van der Waals surface area contributed by atoms with Crippen molar-refractivity contribution in [2.45, 2.75) is 76.0 Å². The minimum absolute atomic E-state index is 0.194. The summed E-state index contributed by atoms with van der Waals surface area (Å²) in [5.74, 6) is 1.09. The Bertz CT molecular complexity index is 854. The number of piperidine rings is 2. The second-order valence-electron chi connectivity index (χ2n) is 9.18. The first-order valence-corrected chi connectivity index (χ1v) is 10.0. The van der Waals surface area contributed by atoms with E-state index in [0.717, 1.165) is 37.6 Å². The molecule has 2 saturated heterocycles. The van der Waals surface area contributed by atoms with E-state index in [1.165, 1.54) is 16.5 Å². The lowest BCUT2D eigenvalue weighted by molar-refractivity contribution is -0.174. The van der Waals surface area contributed by atoms with Crippen molar-refractivity contribution in [2.75, 3.05) is 0 Å². The molecular formula is C22H28N2O2. The summed E-state index contributed by atoms with van der Waals surface area (Å²) in [6.07, 6.45) is 7.32. The van der Waals surface area contributed by atoms with E-state index in [2.05, 4.69) is 48.1 Å². The van der Waals surface area contributed by atoms with Gasteiger partial charge in [-0.25, -0.2) is 0 Å². The number of hydrogen-bond donors (Lipinski definition) is 2. The molecule has 26 heavy (non-hydrogen) atoms. The van der Waals surface area contributed by atoms with Crippen LogP contribution < -0.4 is 0 Å². The Kier molecular flexibility index (Phi) is 3.52. The lowest BCUT2D eigenvalue weighted by Gasteiger charge is -2.59. The van der Waals surface area contributed by atoms with E-state index in [1.807, 2.05) is 0 Å². The standard InChI is InChI=1S/C22H28N2O2/c1-13-3-4-18-19(12-23-20(18)5-13)14(2)6-21(25)24-16-7-15-8-17(24)11-22(26,9-15)10-16/h3-5,12,14-17,23,26H,6-11H2,1-2H3. The molecule has 4 fully saturated rings. The third-order valence-electron chi connectivity index (χ3n) is 7.07. The number of nitrogens with zero attached hydrogens (tertiary/aromatic N) is 1. The maximum Gasteiger partial charge on any atom is 0.223 e. The zero-order chi connectivity index (χ0) is 18.1. The van der Waals surface area contributed by atoms with Gasteiger partial charge in [0.2, 0.25) is 5.91 Å². The number of aliphatic hydroxyl groups is 1. The number of aromatic nitrogens is 1. The molecule has 4 nitrogen and oxygen atoms in total. The summed E-state index contributed by atoms with van der Waals surface area (Å²) in [4.78, 5) is 18.7. The number of nitrogens with one attached hydrogen (secondary N) is 1. The molecule has 2 saturated carbocycles. The number of aryl methyl sites for hydroxylation is 1. The number of H-pyrrole nitrogens is 1. The van der Waals surface area contributed by atoms with Gasteiger partial charge in [0.25, 0.3) is 0 Å². The van der Waals surface area contributed by atoms with Gasteiger partial charge in [0.15, 0.2) is 0 Å². The highest BCUT2D eigenvalue weighted by atomic mass is 16.3. The molecule has 3 heterocycles. The molecule has 0 spiro atoms. The summed E-state index contributed by atoms with van der Waals surface area (Å²) < 4.78 is 0. The van der Waals surface area contributed by atoms with Crippen molar-refractivity contribution >= 4 is 16.8 Å². The van der Waals surface area contributed by atoms with Gasteiger partial charge in [0.1, 0.15) is 0 Å². The zero-order valence-corrected chi connectivity index (χ0v) is 15.7. The van der Waals surface area contributed by atoms with Crippen LogP contribution in [-0.4, -0.2) is 38.6 Å². The van der Waals surface area contributed by atoms with Crippen molar-refractivity contribution in [3.8, 4) is 0 Å². The average molecular weight is 352 g/mol. The van der Waals surface area contributed by atoms with Crippen LogP contribution in [0.2, 0.25) is 0 Å². The highest BCUT2D eigenvalue weighted by Gasteiger charge is 2.54. The largest absolute Gasteiger partial charge is 0.390 e. The Morgan fingerprint density at radius 2 is 2.04 bits per heavy atom. The fourth-order valence-corrected chi connectivity index (χ4v) is 6.14. The first-order chi connectivity index (χ1) is 12.4. The van der Waals surface area contributed by atoms with Crippen molar-refractivity contribution in [3.05, 3.63) is 35.5 Å². The predicted octanol–water partition coefficient (Wildman–Crippen LogP) is 3.87. The van der Waals surface area contributed by atoms with Crippen LogP contribution in [0, 0.1) is 12.8 Å². The lowest BCUT2D eigenvalue weighted by Crippen LogP contribution is -2.65. The van der Waals surface area contributed by atoms with E-state index in [0.29, 0.717) is 12.3 Å². The molecule has 4 heteroatoms. The number of amides is 1. The van der Waals surface area contributed by atoms with Gasteiger partial charge in [-0.1, -0.05) is 19.1 Å². The van der Waals surface area contributed by atoms with Gasteiger partial charge in [-0.05, 0) is 68.1 Å². The van der Waals surface area contributed by atoms with Gasteiger partial charge in [-0.3, -0.25) is 4.79 Å². The van der Waals surface area contributed by atoms with E-state index in [1.54, 1.807) is 0 Å². The monoisotopic (exact) mass is 352 g/mol. The fraction of sp³-hybridized carbons (Fsp3) is 0.591. The van der Waals surface area contributed by atoms with Crippen molar-refractivity contribution in [3.63, 3.8) is 0 Å². The number of fused-ring (bicyclic) bond motifs is 1. The first kappa shape index (κ1) is 16.4. The van der Waals surface area contributed by atoms with Crippen molar-refractivity contribution in [2.24, 2.45) is 5.92 Å². The molecule has 1 amide bonds. The molecule has 2 aromatic rings. The smallest absolute Gasteiger partial charge is 0.223 e. The summed E-state index contributed by atoms with van der Waals surface area (Å²) in [5, 5.41) is 12.0.